The Labute approximate surface area is 118 Å². The number of carbonyl (C=O) groups excluding carboxylic acids is 2. The van der Waals surface area contributed by atoms with E-state index in [1.807, 2.05) is 0 Å². The van der Waals surface area contributed by atoms with Gasteiger partial charge in [-0.25, -0.2) is 8.78 Å². The first kappa shape index (κ1) is 13.2. The third kappa shape index (κ3) is 2.35. The maximum Gasteiger partial charge on any atom is 0.259 e. The predicted molar refractivity (Wildman–Crippen MR) is 70.6 cm³/mol. The molecule has 1 aliphatic rings. The number of hydrogen-bond acceptors (Lipinski definition) is 3. The molecular formula is C15H9F2NO3. The van der Waals surface area contributed by atoms with Crippen molar-refractivity contribution in [2.45, 2.75) is 0 Å². The van der Waals surface area contributed by atoms with Crippen LogP contribution >= 0.6 is 0 Å². The van der Waals surface area contributed by atoms with Gasteiger partial charge in [-0.3, -0.25) is 9.59 Å². The number of hydrogen-bond donors (Lipinski definition) is 1. The Morgan fingerprint density at radius 1 is 1.14 bits per heavy atom. The highest BCUT2D eigenvalue weighted by Crippen LogP contribution is 2.30. The summed E-state index contributed by atoms with van der Waals surface area (Å²) in [5.74, 6) is -2.61. The van der Waals surface area contributed by atoms with Gasteiger partial charge in [-0.05, 0) is 24.3 Å². The molecule has 0 bridgehead atoms. The molecule has 6 heteroatoms. The van der Waals surface area contributed by atoms with Crippen LogP contribution in [0.2, 0.25) is 0 Å². The van der Waals surface area contributed by atoms with E-state index >= 15 is 0 Å². The molecule has 4 nitrogen and oxygen atoms in total. The van der Waals surface area contributed by atoms with E-state index in [9.17, 15) is 18.4 Å². The SMILES string of the molecule is O=C1COc2c1cccc2C(=O)Nc1ccc(F)c(F)c1. The largest absolute Gasteiger partial charge is 0.484 e. The smallest absolute Gasteiger partial charge is 0.259 e. The number of amides is 1. The molecule has 3 rings (SSSR count). The number of anilines is 1. The minimum atomic E-state index is -1.06. The van der Waals surface area contributed by atoms with Crippen molar-refractivity contribution < 1.29 is 23.1 Å². The van der Waals surface area contributed by atoms with Gasteiger partial charge in [-0.1, -0.05) is 6.07 Å². The molecule has 0 saturated carbocycles. The quantitative estimate of drug-likeness (QED) is 0.925. The van der Waals surface area contributed by atoms with Gasteiger partial charge in [0.1, 0.15) is 5.75 Å². The summed E-state index contributed by atoms with van der Waals surface area (Å²) >= 11 is 0. The van der Waals surface area contributed by atoms with Gasteiger partial charge in [0.15, 0.2) is 18.2 Å². The van der Waals surface area contributed by atoms with E-state index in [2.05, 4.69) is 5.32 Å². The van der Waals surface area contributed by atoms with Gasteiger partial charge in [0, 0.05) is 11.8 Å². The Bertz CT molecular complexity index is 759. The lowest BCUT2D eigenvalue weighted by Gasteiger charge is -2.08. The number of Topliss-reactive ketones (excluding diaryl/α,β-unsaturated/α-hetero) is 1. The van der Waals surface area contributed by atoms with Crippen LogP contribution in [0.1, 0.15) is 20.7 Å². The van der Waals surface area contributed by atoms with Crippen molar-refractivity contribution in [3.8, 4) is 5.75 Å². The molecule has 0 unspecified atom stereocenters. The first-order valence-corrected chi connectivity index (χ1v) is 6.11. The zero-order valence-electron chi connectivity index (χ0n) is 10.7. The van der Waals surface area contributed by atoms with Crippen molar-refractivity contribution >= 4 is 17.4 Å². The second kappa shape index (κ2) is 4.97. The molecular weight excluding hydrogens is 280 g/mol. The highest BCUT2D eigenvalue weighted by atomic mass is 19.2. The number of carbonyl (C=O) groups is 2. The number of rotatable bonds is 2. The zero-order chi connectivity index (χ0) is 15.0. The van der Waals surface area contributed by atoms with Gasteiger partial charge in [0.2, 0.25) is 5.78 Å². The van der Waals surface area contributed by atoms with Crippen molar-refractivity contribution in [1.29, 1.82) is 0 Å². The van der Waals surface area contributed by atoms with Crippen molar-refractivity contribution in [3.05, 3.63) is 59.2 Å². The Morgan fingerprint density at radius 2 is 1.95 bits per heavy atom. The minimum absolute atomic E-state index is 0.106. The number of para-hydroxylation sites is 1. The van der Waals surface area contributed by atoms with Crippen LogP contribution in [-0.2, 0) is 0 Å². The molecule has 106 valence electrons. The second-order valence-electron chi connectivity index (χ2n) is 4.48. The van der Waals surface area contributed by atoms with Gasteiger partial charge >= 0.3 is 0 Å². The Hall–Kier alpha value is -2.76. The summed E-state index contributed by atoms with van der Waals surface area (Å²) in [4.78, 5) is 23.7. The number of ketones is 1. The van der Waals surface area contributed by atoms with Crippen LogP contribution in [0.4, 0.5) is 14.5 Å². The van der Waals surface area contributed by atoms with E-state index in [1.165, 1.54) is 12.1 Å². The molecule has 0 aliphatic carbocycles. The summed E-state index contributed by atoms with van der Waals surface area (Å²) in [7, 11) is 0. The van der Waals surface area contributed by atoms with Crippen LogP contribution in [0, 0.1) is 11.6 Å². The second-order valence-corrected chi connectivity index (χ2v) is 4.48. The Morgan fingerprint density at radius 3 is 2.71 bits per heavy atom. The van der Waals surface area contributed by atoms with Crippen LogP contribution in [0.3, 0.4) is 0 Å². The van der Waals surface area contributed by atoms with Gasteiger partial charge < -0.3 is 10.1 Å². The van der Waals surface area contributed by atoms with E-state index in [1.54, 1.807) is 12.1 Å². The Kier molecular flexibility index (Phi) is 3.13. The fourth-order valence-corrected chi connectivity index (χ4v) is 2.08. The lowest BCUT2D eigenvalue weighted by atomic mass is 10.1. The highest BCUT2D eigenvalue weighted by Gasteiger charge is 2.26. The molecule has 21 heavy (non-hydrogen) atoms. The van der Waals surface area contributed by atoms with E-state index in [4.69, 9.17) is 4.74 Å². The predicted octanol–water partition coefficient (Wildman–Crippen LogP) is 2.79. The van der Waals surface area contributed by atoms with Crippen molar-refractivity contribution in [3.63, 3.8) is 0 Å². The molecule has 2 aromatic carbocycles. The first-order chi connectivity index (χ1) is 10.1. The monoisotopic (exact) mass is 289 g/mol. The molecule has 2 aromatic rings. The normalized spacial score (nSPS) is 12.8. The van der Waals surface area contributed by atoms with E-state index in [-0.39, 0.29) is 29.4 Å². The first-order valence-electron chi connectivity index (χ1n) is 6.11. The third-order valence-corrected chi connectivity index (χ3v) is 3.09. The molecule has 0 atom stereocenters. The maximum absolute atomic E-state index is 13.1. The molecule has 0 fully saturated rings. The van der Waals surface area contributed by atoms with Crippen LogP contribution in [0.25, 0.3) is 0 Å². The zero-order valence-corrected chi connectivity index (χ0v) is 10.7. The Balaban J connectivity index is 1.90. The van der Waals surface area contributed by atoms with Gasteiger partial charge in [-0.15, -0.1) is 0 Å². The standard InChI is InChI=1S/C15H9F2NO3/c16-11-5-4-8(6-12(11)17)18-15(20)10-3-1-2-9-13(19)7-21-14(9)10/h1-6H,7H2,(H,18,20). The summed E-state index contributed by atoms with van der Waals surface area (Å²) in [6.07, 6.45) is 0. The fourth-order valence-electron chi connectivity index (χ4n) is 2.08. The lowest BCUT2D eigenvalue weighted by molar-refractivity contribution is 0.0956. The summed E-state index contributed by atoms with van der Waals surface area (Å²) in [5.41, 5.74) is 0.622. The number of fused-ring (bicyclic) bond motifs is 1. The fraction of sp³-hybridized carbons (Fsp3) is 0.0667. The van der Waals surface area contributed by atoms with E-state index in [0.717, 1.165) is 12.1 Å². The number of ether oxygens (including phenoxy) is 1. The molecule has 0 saturated heterocycles. The van der Waals surface area contributed by atoms with Crippen molar-refractivity contribution in [2.75, 3.05) is 11.9 Å². The molecule has 0 aromatic heterocycles. The summed E-state index contributed by atoms with van der Waals surface area (Å²) in [5, 5.41) is 2.43. The molecule has 1 N–H and O–H groups in total. The summed E-state index contributed by atoms with van der Waals surface area (Å²) < 4.78 is 31.1. The molecule has 1 aliphatic heterocycles. The average Bonchev–Trinajstić information content (AvgIpc) is 2.85. The van der Waals surface area contributed by atoms with Crippen molar-refractivity contribution in [1.82, 2.24) is 0 Å². The van der Waals surface area contributed by atoms with Gasteiger partial charge in [0.05, 0.1) is 11.1 Å². The average molecular weight is 289 g/mol. The van der Waals surface area contributed by atoms with E-state index < -0.39 is 17.5 Å². The summed E-state index contributed by atoms with van der Waals surface area (Å²) in [6, 6.07) is 7.66. The van der Waals surface area contributed by atoms with Crippen LogP contribution in [0.15, 0.2) is 36.4 Å². The van der Waals surface area contributed by atoms with Crippen LogP contribution in [-0.4, -0.2) is 18.3 Å². The van der Waals surface area contributed by atoms with Crippen LogP contribution in [0.5, 0.6) is 5.75 Å². The number of benzene rings is 2. The summed E-state index contributed by atoms with van der Waals surface area (Å²) in [6.45, 7) is -0.106. The maximum atomic E-state index is 13.1. The topological polar surface area (TPSA) is 55.4 Å². The minimum Gasteiger partial charge on any atom is -0.484 e. The molecule has 0 spiro atoms. The highest BCUT2D eigenvalue weighted by molar-refractivity contribution is 6.11. The lowest BCUT2D eigenvalue weighted by Crippen LogP contribution is -2.13. The van der Waals surface area contributed by atoms with E-state index in [0.29, 0.717) is 5.56 Å². The third-order valence-electron chi connectivity index (χ3n) is 3.09. The molecule has 0 radical (unpaired) electrons. The number of halogens is 2. The number of nitrogens with one attached hydrogen (secondary N) is 1. The van der Waals surface area contributed by atoms with Gasteiger partial charge in [0.25, 0.3) is 5.91 Å². The molecule has 1 heterocycles. The van der Waals surface area contributed by atoms with Gasteiger partial charge in [-0.2, -0.15) is 0 Å². The van der Waals surface area contributed by atoms with Crippen LogP contribution < -0.4 is 10.1 Å². The molecule has 1 amide bonds. The van der Waals surface area contributed by atoms with Crippen molar-refractivity contribution in [2.24, 2.45) is 0 Å².